The molecule has 188 valence electrons. The average molecular weight is 497 g/mol. The molecule has 0 fully saturated rings. The van der Waals surface area contributed by atoms with Gasteiger partial charge in [-0.2, -0.15) is 10.1 Å². The Bertz CT molecular complexity index is 1510. The minimum Gasteiger partial charge on any atom is -0.497 e. The first-order valence-electron chi connectivity index (χ1n) is 12.2. The van der Waals surface area contributed by atoms with E-state index in [1.807, 2.05) is 54.1 Å². The van der Waals surface area contributed by atoms with Crippen molar-refractivity contribution in [2.45, 2.75) is 26.0 Å². The molecule has 2 atom stereocenters. The van der Waals surface area contributed by atoms with Gasteiger partial charge in [-0.15, -0.1) is 0 Å². The van der Waals surface area contributed by atoms with Crippen LogP contribution in [0.25, 0.3) is 5.70 Å². The third-order valence-corrected chi connectivity index (χ3v) is 6.77. The van der Waals surface area contributed by atoms with Crippen molar-refractivity contribution in [1.29, 1.82) is 0 Å². The molecule has 1 aromatic heterocycles. The van der Waals surface area contributed by atoms with Crippen molar-refractivity contribution >= 4 is 11.6 Å². The van der Waals surface area contributed by atoms with Crippen molar-refractivity contribution in [2.75, 3.05) is 26.1 Å². The number of nitrogens with zero attached hydrogens (tertiary/aromatic N) is 3. The quantitative estimate of drug-likeness (QED) is 0.374. The largest absolute Gasteiger partial charge is 0.497 e. The number of ether oxygens (including phenoxy) is 4. The van der Waals surface area contributed by atoms with E-state index >= 15 is 0 Å². The third kappa shape index (κ3) is 3.85. The van der Waals surface area contributed by atoms with Crippen LogP contribution < -0.4 is 24.3 Å². The molecule has 0 radical (unpaired) electrons. The number of hydrogen-bond donors (Lipinski definition) is 1. The molecule has 2 aliphatic heterocycles. The molecule has 6 rings (SSSR count). The number of hydrogen-bond acceptors (Lipinski definition) is 7. The monoisotopic (exact) mass is 496 g/mol. The molecule has 0 amide bonds. The lowest BCUT2D eigenvalue weighted by atomic mass is 9.84. The Morgan fingerprint density at radius 3 is 2.68 bits per heavy atom. The highest BCUT2D eigenvalue weighted by Gasteiger charge is 2.41. The fraction of sp³-hybridized carbons (Fsp3) is 0.241. The molecule has 0 unspecified atom stereocenters. The molecule has 0 bridgehead atoms. The highest BCUT2D eigenvalue weighted by molar-refractivity contribution is 5.85. The van der Waals surface area contributed by atoms with Gasteiger partial charge in [-0.3, -0.25) is 0 Å². The number of rotatable bonds is 6. The van der Waals surface area contributed by atoms with Crippen molar-refractivity contribution in [3.05, 3.63) is 94.8 Å². The van der Waals surface area contributed by atoms with Gasteiger partial charge in [0.15, 0.2) is 11.5 Å². The van der Waals surface area contributed by atoms with Crippen LogP contribution in [0.15, 0.2) is 72.6 Å². The second kappa shape index (κ2) is 9.20. The standard InChI is InChI=1S/C29H28N4O4/c1-5-36-23-12-10-18(15-24(23)35-4)27-25-26(32-29-30-16-31-33(27)29)21-13-17(2)9-11-22(21)37-28(25)19-7-6-8-20(14-19)34-3/h6-16,27-28H,5H2,1-4H3,(H,30,31,32)/t27-,28-/m1/s1. The molecule has 8 heteroatoms. The molecule has 0 spiro atoms. The van der Waals surface area contributed by atoms with Crippen molar-refractivity contribution in [2.24, 2.45) is 0 Å². The van der Waals surface area contributed by atoms with E-state index in [4.69, 9.17) is 18.9 Å². The molecule has 3 aromatic carbocycles. The summed E-state index contributed by atoms with van der Waals surface area (Å²) in [5.74, 6) is 3.59. The van der Waals surface area contributed by atoms with Gasteiger partial charge in [0, 0.05) is 16.7 Å². The molecule has 37 heavy (non-hydrogen) atoms. The molecule has 0 saturated heterocycles. The molecule has 1 N–H and O–H groups in total. The van der Waals surface area contributed by atoms with Gasteiger partial charge in [0.05, 0.1) is 26.5 Å². The SMILES string of the molecule is CCOc1ccc([C@@H]2C3=C(Nc4ncnn42)c2cc(C)ccc2O[C@@H]3c2cccc(OC)c2)cc1OC. The molecule has 0 saturated carbocycles. The van der Waals surface area contributed by atoms with Crippen LogP contribution in [-0.2, 0) is 0 Å². The number of methoxy groups -OCH3 is 2. The number of aromatic nitrogens is 3. The van der Waals surface area contributed by atoms with E-state index in [-0.39, 0.29) is 6.04 Å². The zero-order valence-corrected chi connectivity index (χ0v) is 21.2. The van der Waals surface area contributed by atoms with Gasteiger partial charge in [0.1, 0.15) is 30.0 Å². The predicted molar refractivity (Wildman–Crippen MR) is 140 cm³/mol. The maximum Gasteiger partial charge on any atom is 0.226 e. The normalized spacial score (nSPS) is 17.6. The van der Waals surface area contributed by atoms with E-state index in [0.29, 0.717) is 24.1 Å². The first kappa shape index (κ1) is 23.0. The Morgan fingerprint density at radius 1 is 0.973 bits per heavy atom. The van der Waals surface area contributed by atoms with Gasteiger partial charge in [-0.25, -0.2) is 4.68 Å². The van der Waals surface area contributed by atoms with Gasteiger partial charge in [0.25, 0.3) is 0 Å². The Labute approximate surface area is 215 Å². The van der Waals surface area contributed by atoms with Crippen LogP contribution in [0.2, 0.25) is 0 Å². The number of benzene rings is 3. The van der Waals surface area contributed by atoms with Crippen LogP contribution in [0.4, 0.5) is 5.95 Å². The summed E-state index contributed by atoms with van der Waals surface area (Å²) < 4.78 is 25.7. The molecule has 0 aliphatic carbocycles. The fourth-order valence-electron chi connectivity index (χ4n) is 5.11. The topological polar surface area (TPSA) is 79.7 Å². The van der Waals surface area contributed by atoms with E-state index in [1.54, 1.807) is 20.5 Å². The lowest BCUT2D eigenvalue weighted by Gasteiger charge is -2.39. The van der Waals surface area contributed by atoms with Crippen LogP contribution >= 0.6 is 0 Å². The molecular weight excluding hydrogens is 468 g/mol. The van der Waals surface area contributed by atoms with Gasteiger partial charge in [0.2, 0.25) is 5.95 Å². The first-order valence-corrected chi connectivity index (χ1v) is 12.2. The minimum atomic E-state index is -0.396. The molecule has 3 heterocycles. The third-order valence-electron chi connectivity index (χ3n) is 6.77. The van der Waals surface area contributed by atoms with E-state index < -0.39 is 6.10 Å². The summed E-state index contributed by atoms with van der Waals surface area (Å²) in [6.07, 6.45) is 1.17. The second-order valence-electron chi connectivity index (χ2n) is 9.00. The van der Waals surface area contributed by atoms with Gasteiger partial charge >= 0.3 is 0 Å². The van der Waals surface area contributed by atoms with Crippen LogP contribution in [0.1, 0.15) is 41.3 Å². The number of anilines is 1. The van der Waals surface area contributed by atoms with Crippen molar-refractivity contribution in [1.82, 2.24) is 14.8 Å². The van der Waals surface area contributed by atoms with E-state index in [0.717, 1.165) is 45.0 Å². The Hall–Kier alpha value is -4.46. The summed E-state index contributed by atoms with van der Waals surface area (Å²) in [5.41, 5.74) is 6.08. The second-order valence-corrected chi connectivity index (χ2v) is 9.00. The van der Waals surface area contributed by atoms with Crippen LogP contribution in [-0.4, -0.2) is 35.6 Å². The number of nitrogens with one attached hydrogen (secondary N) is 1. The summed E-state index contributed by atoms with van der Waals surface area (Å²) in [5, 5.41) is 8.16. The maximum absolute atomic E-state index is 6.73. The van der Waals surface area contributed by atoms with E-state index in [1.165, 1.54) is 0 Å². The first-order chi connectivity index (χ1) is 18.1. The molecular formula is C29H28N4O4. The zero-order valence-electron chi connectivity index (χ0n) is 21.2. The molecule has 2 aliphatic rings. The summed E-state index contributed by atoms with van der Waals surface area (Å²) in [6, 6.07) is 19.9. The highest BCUT2D eigenvalue weighted by atomic mass is 16.5. The summed E-state index contributed by atoms with van der Waals surface area (Å²) in [4.78, 5) is 4.52. The van der Waals surface area contributed by atoms with Crippen molar-refractivity contribution in [3.8, 4) is 23.0 Å². The zero-order chi connectivity index (χ0) is 25.5. The van der Waals surface area contributed by atoms with Gasteiger partial charge < -0.3 is 24.3 Å². The van der Waals surface area contributed by atoms with E-state index in [9.17, 15) is 0 Å². The maximum atomic E-state index is 6.73. The Balaban J connectivity index is 1.60. The van der Waals surface area contributed by atoms with Crippen LogP contribution in [0, 0.1) is 6.92 Å². The summed E-state index contributed by atoms with van der Waals surface area (Å²) >= 11 is 0. The van der Waals surface area contributed by atoms with Gasteiger partial charge in [-0.05, 0) is 55.8 Å². The highest BCUT2D eigenvalue weighted by Crippen LogP contribution is 2.51. The lowest BCUT2D eigenvalue weighted by molar-refractivity contribution is 0.222. The predicted octanol–water partition coefficient (Wildman–Crippen LogP) is 5.56. The summed E-state index contributed by atoms with van der Waals surface area (Å²) in [6.45, 7) is 4.58. The Kier molecular flexibility index (Phi) is 5.71. The average Bonchev–Trinajstić information content (AvgIpc) is 3.40. The van der Waals surface area contributed by atoms with Crippen molar-refractivity contribution in [3.63, 3.8) is 0 Å². The lowest BCUT2D eigenvalue weighted by Crippen LogP contribution is -2.32. The molecule has 4 aromatic rings. The van der Waals surface area contributed by atoms with E-state index in [2.05, 4.69) is 40.5 Å². The summed E-state index contributed by atoms with van der Waals surface area (Å²) in [7, 11) is 3.32. The molecule has 8 nitrogen and oxygen atoms in total. The van der Waals surface area contributed by atoms with Crippen LogP contribution in [0.5, 0.6) is 23.0 Å². The minimum absolute atomic E-state index is 0.303. The Morgan fingerprint density at radius 2 is 1.86 bits per heavy atom. The smallest absolute Gasteiger partial charge is 0.226 e. The fourth-order valence-corrected chi connectivity index (χ4v) is 5.11. The van der Waals surface area contributed by atoms with Gasteiger partial charge in [-0.1, -0.05) is 29.8 Å². The van der Waals surface area contributed by atoms with Crippen LogP contribution in [0.3, 0.4) is 0 Å². The van der Waals surface area contributed by atoms with Crippen molar-refractivity contribution < 1.29 is 18.9 Å². The number of aryl methyl sites for hydroxylation is 1. The number of fused-ring (bicyclic) bond motifs is 3.